The van der Waals surface area contributed by atoms with Gasteiger partial charge in [0.25, 0.3) is 0 Å². The van der Waals surface area contributed by atoms with E-state index in [0.29, 0.717) is 0 Å². The highest BCUT2D eigenvalue weighted by atomic mass is 16.3. The number of likely N-dealkylation sites (N-methyl/N-ethyl adjacent to an activating group) is 1. The van der Waals surface area contributed by atoms with Crippen LogP contribution in [-0.4, -0.2) is 24.3 Å². The number of rotatable bonds is 3. The Hall–Kier alpha value is -0.340. The quantitative estimate of drug-likeness (QED) is 0.513. The first-order chi connectivity index (χ1) is 3.68. The van der Waals surface area contributed by atoms with Crippen LogP contribution >= 0.6 is 0 Å². The normalized spacial score (nSPS) is 17.4. The summed E-state index contributed by atoms with van der Waals surface area (Å²) in [6, 6.07) is 0. The molecule has 48 valence electrons. The van der Waals surface area contributed by atoms with E-state index in [2.05, 4.69) is 11.9 Å². The predicted molar refractivity (Wildman–Crippen MR) is 34.7 cm³/mol. The Morgan fingerprint density at radius 1 is 1.88 bits per heavy atom. The maximum absolute atomic E-state index is 8.65. The smallest absolute Gasteiger partial charge is 0.0646 e. The van der Waals surface area contributed by atoms with E-state index in [4.69, 9.17) is 5.11 Å². The SMILES string of the molecule is C=CC(C)(CO)NC. The molecule has 8 heavy (non-hydrogen) atoms. The van der Waals surface area contributed by atoms with E-state index in [0.717, 1.165) is 0 Å². The molecule has 0 aromatic heterocycles. The number of aliphatic hydroxyl groups excluding tert-OH is 1. The second-order valence-corrected chi connectivity index (χ2v) is 2.03. The van der Waals surface area contributed by atoms with Crippen molar-refractivity contribution in [1.82, 2.24) is 5.32 Å². The van der Waals surface area contributed by atoms with Crippen molar-refractivity contribution in [2.45, 2.75) is 12.5 Å². The summed E-state index contributed by atoms with van der Waals surface area (Å²) in [7, 11) is 1.79. The number of aliphatic hydroxyl groups is 1. The van der Waals surface area contributed by atoms with Crippen molar-refractivity contribution in [3.8, 4) is 0 Å². The molecule has 2 nitrogen and oxygen atoms in total. The van der Waals surface area contributed by atoms with Crippen molar-refractivity contribution in [3.05, 3.63) is 12.7 Å². The lowest BCUT2D eigenvalue weighted by molar-refractivity contribution is 0.216. The highest BCUT2D eigenvalue weighted by Crippen LogP contribution is 1.99. The van der Waals surface area contributed by atoms with E-state index < -0.39 is 0 Å². The van der Waals surface area contributed by atoms with E-state index in [1.54, 1.807) is 13.1 Å². The molecule has 0 spiro atoms. The molecule has 0 aromatic carbocycles. The molecule has 2 N–H and O–H groups in total. The van der Waals surface area contributed by atoms with Crippen LogP contribution in [0.2, 0.25) is 0 Å². The van der Waals surface area contributed by atoms with Crippen LogP contribution < -0.4 is 5.32 Å². The molecule has 0 aliphatic carbocycles. The molecule has 0 aliphatic heterocycles. The second-order valence-electron chi connectivity index (χ2n) is 2.03. The fourth-order valence-electron chi connectivity index (χ4n) is 0.246. The van der Waals surface area contributed by atoms with Gasteiger partial charge in [0.15, 0.2) is 0 Å². The highest BCUT2D eigenvalue weighted by Gasteiger charge is 2.13. The third kappa shape index (κ3) is 1.64. The fraction of sp³-hybridized carbons (Fsp3) is 0.667. The maximum Gasteiger partial charge on any atom is 0.0646 e. The predicted octanol–water partition coefficient (Wildman–Crippen LogP) is 0.143. The largest absolute Gasteiger partial charge is 0.394 e. The lowest BCUT2D eigenvalue weighted by Gasteiger charge is -2.21. The van der Waals surface area contributed by atoms with Gasteiger partial charge in [-0.15, -0.1) is 6.58 Å². The summed E-state index contributed by atoms with van der Waals surface area (Å²) in [5.41, 5.74) is -0.306. The van der Waals surface area contributed by atoms with Gasteiger partial charge in [-0.05, 0) is 14.0 Å². The standard InChI is InChI=1S/C6H13NO/c1-4-6(2,5-8)7-3/h4,7-8H,1,5H2,2-3H3. The molecule has 1 unspecified atom stereocenters. The van der Waals surface area contributed by atoms with Crippen molar-refractivity contribution in [2.75, 3.05) is 13.7 Å². The van der Waals surface area contributed by atoms with E-state index >= 15 is 0 Å². The zero-order chi connectivity index (χ0) is 6.62. The molecular weight excluding hydrogens is 102 g/mol. The van der Waals surface area contributed by atoms with E-state index in [1.807, 2.05) is 6.92 Å². The molecule has 0 amide bonds. The summed E-state index contributed by atoms with van der Waals surface area (Å²) >= 11 is 0. The minimum Gasteiger partial charge on any atom is -0.394 e. The molecule has 0 saturated heterocycles. The average Bonchev–Trinajstić information content (AvgIpc) is 1.87. The van der Waals surface area contributed by atoms with Crippen LogP contribution in [0.1, 0.15) is 6.92 Å². The van der Waals surface area contributed by atoms with Crippen LogP contribution in [-0.2, 0) is 0 Å². The Labute approximate surface area is 50.2 Å². The molecule has 0 bridgehead atoms. The first-order valence-corrected chi connectivity index (χ1v) is 2.62. The summed E-state index contributed by atoms with van der Waals surface area (Å²) in [5, 5.41) is 11.6. The van der Waals surface area contributed by atoms with Gasteiger partial charge >= 0.3 is 0 Å². The minimum atomic E-state index is -0.306. The van der Waals surface area contributed by atoms with E-state index in [1.165, 1.54) is 0 Å². The van der Waals surface area contributed by atoms with Crippen LogP contribution in [0.3, 0.4) is 0 Å². The summed E-state index contributed by atoms with van der Waals surface area (Å²) < 4.78 is 0. The van der Waals surface area contributed by atoms with Crippen molar-refractivity contribution in [2.24, 2.45) is 0 Å². The molecule has 0 aliphatic rings. The van der Waals surface area contributed by atoms with Crippen LogP contribution in [0.25, 0.3) is 0 Å². The zero-order valence-corrected chi connectivity index (χ0v) is 5.44. The molecule has 0 saturated carbocycles. The Bertz CT molecular complexity index is 76.6. The van der Waals surface area contributed by atoms with Gasteiger partial charge in [-0.1, -0.05) is 6.08 Å². The Kier molecular flexibility index (Phi) is 2.72. The Balaban J connectivity index is 3.76. The van der Waals surface area contributed by atoms with Gasteiger partial charge in [0.1, 0.15) is 0 Å². The maximum atomic E-state index is 8.65. The summed E-state index contributed by atoms with van der Waals surface area (Å²) in [4.78, 5) is 0. The lowest BCUT2D eigenvalue weighted by Crippen LogP contribution is -2.40. The number of hydrogen-bond donors (Lipinski definition) is 2. The van der Waals surface area contributed by atoms with Crippen molar-refractivity contribution >= 4 is 0 Å². The average molecular weight is 115 g/mol. The summed E-state index contributed by atoms with van der Waals surface area (Å²) in [6.07, 6.45) is 1.69. The fourth-order valence-corrected chi connectivity index (χ4v) is 0.246. The van der Waals surface area contributed by atoms with Gasteiger partial charge in [0.05, 0.1) is 12.1 Å². The van der Waals surface area contributed by atoms with Crippen LogP contribution in [0, 0.1) is 0 Å². The van der Waals surface area contributed by atoms with Crippen LogP contribution in [0.5, 0.6) is 0 Å². The van der Waals surface area contributed by atoms with Crippen molar-refractivity contribution < 1.29 is 5.11 Å². The molecule has 0 fully saturated rings. The lowest BCUT2D eigenvalue weighted by atomic mass is 10.1. The van der Waals surface area contributed by atoms with Crippen LogP contribution in [0.4, 0.5) is 0 Å². The highest BCUT2D eigenvalue weighted by molar-refractivity contribution is 4.97. The Morgan fingerprint density at radius 3 is 2.38 bits per heavy atom. The van der Waals surface area contributed by atoms with Crippen molar-refractivity contribution in [3.63, 3.8) is 0 Å². The van der Waals surface area contributed by atoms with E-state index in [9.17, 15) is 0 Å². The van der Waals surface area contributed by atoms with Gasteiger partial charge in [-0.25, -0.2) is 0 Å². The molecule has 0 heterocycles. The first kappa shape index (κ1) is 7.66. The monoisotopic (exact) mass is 115 g/mol. The number of hydrogen-bond acceptors (Lipinski definition) is 2. The third-order valence-electron chi connectivity index (χ3n) is 1.35. The molecular formula is C6H13NO. The minimum absolute atomic E-state index is 0.0903. The molecule has 2 heteroatoms. The van der Waals surface area contributed by atoms with Crippen molar-refractivity contribution in [1.29, 1.82) is 0 Å². The van der Waals surface area contributed by atoms with Gasteiger partial charge in [0, 0.05) is 0 Å². The molecule has 0 aromatic rings. The van der Waals surface area contributed by atoms with E-state index in [-0.39, 0.29) is 12.1 Å². The van der Waals surface area contributed by atoms with Gasteiger partial charge in [-0.2, -0.15) is 0 Å². The molecule has 0 rings (SSSR count). The first-order valence-electron chi connectivity index (χ1n) is 2.62. The second kappa shape index (κ2) is 2.84. The van der Waals surface area contributed by atoms with Gasteiger partial charge < -0.3 is 10.4 Å². The van der Waals surface area contributed by atoms with Crippen LogP contribution in [0.15, 0.2) is 12.7 Å². The third-order valence-corrected chi connectivity index (χ3v) is 1.35. The summed E-state index contributed by atoms with van der Waals surface area (Å²) in [5.74, 6) is 0. The topological polar surface area (TPSA) is 32.3 Å². The molecule has 1 atom stereocenters. The molecule has 0 radical (unpaired) electrons. The Morgan fingerprint density at radius 2 is 2.38 bits per heavy atom. The van der Waals surface area contributed by atoms with Gasteiger partial charge in [0.2, 0.25) is 0 Å². The zero-order valence-electron chi connectivity index (χ0n) is 5.44. The van der Waals surface area contributed by atoms with Gasteiger partial charge in [-0.3, -0.25) is 0 Å². The summed E-state index contributed by atoms with van der Waals surface area (Å²) in [6.45, 7) is 5.52. The number of nitrogens with one attached hydrogen (secondary N) is 1.